The second-order valence-electron chi connectivity index (χ2n) is 4.36. The first-order valence-corrected chi connectivity index (χ1v) is 6.37. The summed E-state index contributed by atoms with van der Waals surface area (Å²) in [7, 11) is 0. The maximum absolute atomic E-state index is 13.9. The molecule has 4 heteroatoms. The number of pyridine rings is 1. The lowest BCUT2D eigenvalue weighted by molar-refractivity contribution is 0.103. The molecule has 0 saturated carbocycles. The number of ketones is 1. The van der Waals surface area contributed by atoms with Crippen LogP contribution in [0.15, 0.2) is 54.9 Å². The van der Waals surface area contributed by atoms with Crippen molar-refractivity contribution >= 4 is 28.2 Å². The van der Waals surface area contributed by atoms with Gasteiger partial charge in [0, 0.05) is 28.4 Å². The van der Waals surface area contributed by atoms with E-state index in [2.05, 4.69) is 4.98 Å². The van der Waals surface area contributed by atoms with Crippen LogP contribution in [0.5, 0.6) is 0 Å². The molecule has 0 atom stereocenters. The Bertz CT molecular complexity index is 811. The van der Waals surface area contributed by atoms with E-state index in [9.17, 15) is 9.18 Å². The number of hydrogen-bond acceptors (Lipinski definition) is 2. The lowest BCUT2D eigenvalue weighted by Gasteiger charge is -2.06. The normalized spacial score (nSPS) is 10.7. The van der Waals surface area contributed by atoms with Crippen molar-refractivity contribution in [2.24, 2.45) is 0 Å². The summed E-state index contributed by atoms with van der Waals surface area (Å²) < 4.78 is 13.9. The van der Waals surface area contributed by atoms with Gasteiger partial charge in [-0.15, -0.1) is 0 Å². The highest BCUT2D eigenvalue weighted by Gasteiger charge is 2.16. The second-order valence-corrected chi connectivity index (χ2v) is 4.80. The third-order valence-electron chi connectivity index (χ3n) is 3.09. The minimum absolute atomic E-state index is 0.00690. The fraction of sp³-hybridized carbons (Fsp3) is 0. The SMILES string of the molecule is O=C(c1ccc(Cl)cc1F)c1cncc2ccccc12. The Morgan fingerprint density at radius 3 is 2.65 bits per heavy atom. The third-order valence-corrected chi connectivity index (χ3v) is 3.32. The van der Waals surface area contributed by atoms with Crippen molar-refractivity contribution < 1.29 is 9.18 Å². The predicted octanol–water partition coefficient (Wildman–Crippen LogP) is 4.26. The monoisotopic (exact) mass is 285 g/mol. The molecule has 20 heavy (non-hydrogen) atoms. The summed E-state index contributed by atoms with van der Waals surface area (Å²) in [5.74, 6) is -1.03. The van der Waals surface area contributed by atoms with Crippen LogP contribution in [0, 0.1) is 5.82 Å². The number of hydrogen-bond donors (Lipinski definition) is 0. The van der Waals surface area contributed by atoms with Crippen LogP contribution in [-0.2, 0) is 0 Å². The Hall–Kier alpha value is -2.26. The lowest BCUT2D eigenvalue weighted by Crippen LogP contribution is -2.05. The fourth-order valence-electron chi connectivity index (χ4n) is 2.12. The highest BCUT2D eigenvalue weighted by molar-refractivity contribution is 6.30. The number of fused-ring (bicyclic) bond motifs is 1. The summed E-state index contributed by atoms with van der Waals surface area (Å²) in [6.45, 7) is 0. The van der Waals surface area contributed by atoms with E-state index in [0.29, 0.717) is 5.56 Å². The molecule has 0 radical (unpaired) electrons. The molecule has 0 aliphatic heterocycles. The average Bonchev–Trinajstić information content (AvgIpc) is 2.46. The van der Waals surface area contributed by atoms with Crippen LogP contribution in [0.25, 0.3) is 10.8 Å². The summed E-state index contributed by atoms with van der Waals surface area (Å²) >= 11 is 5.70. The quantitative estimate of drug-likeness (QED) is 0.659. The van der Waals surface area contributed by atoms with Crippen molar-refractivity contribution in [3.05, 3.63) is 76.8 Å². The summed E-state index contributed by atoms with van der Waals surface area (Å²) in [4.78, 5) is 16.5. The van der Waals surface area contributed by atoms with E-state index in [-0.39, 0.29) is 10.6 Å². The molecule has 0 N–H and O–H groups in total. The molecule has 0 unspecified atom stereocenters. The van der Waals surface area contributed by atoms with E-state index in [1.54, 1.807) is 6.20 Å². The molecule has 0 aliphatic rings. The molecule has 0 amide bonds. The van der Waals surface area contributed by atoms with Crippen molar-refractivity contribution in [2.45, 2.75) is 0 Å². The van der Waals surface area contributed by atoms with Crippen LogP contribution in [0.3, 0.4) is 0 Å². The van der Waals surface area contributed by atoms with Crippen LogP contribution in [0.1, 0.15) is 15.9 Å². The maximum Gasteiger partial charge on any atom is 0.198 e. The van der Waals surface area contributed by atoms with Gasteiger partial charge in [0.2, 0.25) is 0 Å². The van der Waals surface area contributed by atoms with E-state index in [1.807, 2.05) is 24.3 Å². The zero-order valence-corrected chi connectivity index (χ0v) is 11.1. The van der Waals surface area contributed by atoms with Crippen molar-refractivity contribution in [3.8, 4) is 0 Å². The minimum atomic E-state index is -0.629. The topological polar surface area (TPSA) is 30.0 Å². The van der Waals surface area contributed by atoms with E-state index >= 15 is 0 Å². The molecular formula is C16H9ClFNO. The van der Waals surface area contributed by atoms with Crippen molar-refractivity contribution in [1.29, 1.82) is 0 Å². The Balaban J connectivity index is 2.18. The highest BCUT2D eigenvalue weighted by atomic mass is 35.5. The largest absolute Gasteiger partial charge is 0.288 e. The molecule has 3 rings (SSSR count). The van der Waals surface area contributed by atoms with Crippen molar-refractivity contribution in [3.63, 3.8) is 0 Å². The molecule has 1 heterocycles. The third kappa shape index (κ3) is 2.17. The molecule has 0 fully saturated rings. The van der Waals surface area contributed by atoms with Gasteiger partial charge in [0.05, 0.1) is 5.56 Å². The standard InChI is InChI=1S/C16H9ClFNO/c17-11-5-6-13(15(18)7-11)16(20)14-9-19-8-10-3-1-2-4-12(10)14/h1-9H. The van der Waals surface area contributed by atoms with Crippen LogP contribution in [-0.4, -0.2) is 10.8 Å². The van der Waals surface area contributed by atoms with Gasteiger partial charge < -0.3 is 0 Å². The summed E-state index contributed by atoms with van der Waals surface area (Å²) in [6, 6.07) is 11.4. The Morgan fingerprint density at radius 1 is 1.05 bits per heavy atom. The van der Waals surface area contributed by atoms with Gasteiger partial charge in [-0.05, 0) is 23.6 Å². The first-order valence-electron chi connectivity index (χ1n) is 5.99. The minimum Gasteiger partial charge on any atom is -0.288 e. The molecule has 3 aromatic rings. The Morgan fingerprint density at radius 2 is 1.85 bits per heavy atom. The number of halogens is 2. The van der Waals surface area contributed by atoms with Crippen LogP contribution in [0.4, 0.5) is 4.39 Å². The van der Waals surface area contributed by atoms with E-state index < -0.39 is 11.6 Å². The summed E-state index contributed by atoms with van der Waals surface area (Å²) in [6.07, 6.45) is 3.13. The predicted molar refractivity (Wildman–Crippen MR) is 76.6 cm³/mol. The van der Waals surface area contributed by atoms with E-state index in [4.69, 9.17) is 11.6 Å². The smallest absolute Gasteiger partial charge is 0.198 e. The van der Waals surface area contributed by atoms with Crippen LogP contribution >= 0.6 is 11.6 Å². The van der Waals surface area contributed by atoms with Gasteiger partial charge in [-0.2, -0.15) is 0 Å². The molecule has 0 spiro atoms. The zero-order chi connectivity index (χ0) is 14.1. The van der Waals surface area contributed by atoms with Crippen molar-refractivity contribution in [1.82, 2.24) is 4.98 Å². The lowest BCUT2D eigenvalue weighted by atomic mass is 9.99. The van der Waals surface area contributed by atoms with Gasteiger partial charge in [0.25, 0.3) is 0 Å². The molecule has 0 aliphatic carbocycles. The number of carbonyl (C=O) groups excluding carboxylic acids is 1. The molecule has 1 aromatic heterocycles. The number of carbonyl (C=O) groups is 1. The van der Waals surface area contributed by atoms with Crippen molar-refractivity contribution in [2.75, 3.05) is 0 Å². The molecule has 0 bridgehead atoms. The first-order chi connectivity index (χ1) is 9.66. The van der Waals surface area contributed by atoms with Gasteiger partial charge >= 0.3 is 0 Å². The van der Waals surface area contributed by atoms with Crippen LogP contribution in [0.2, 0.25) is 5.02 Å². The molecule has 2 nitrogen and oxygen atoms in total. The Labute approximate surface area is 119 Å². The number of nitrogens with zero attached hydrogens (tertiary/aromatic N) is 1. The second kappa shape index (κ2) is 5.02. The van der Waals surface area contributed by atoms with Gasteiger partial charge in [0.1, 0.15) is 5.82 Å². The van der Waals surface area contributed by atoms with Gasteiger partial charge in [-0.25, -0.2) is 4.39 Å². The van der Waals surface area contributed by atoms with Gasteiger partial charge in [-0.1, -0.05) is 35.9 Å². The number of rotatable bonds is 2. The van der Waals surface area contributed by atoms with Crippen LogP contribution < -0.4 is 0 Å². The highest BCUT2D eigenvalue weighted by Crippen LogP contribution is 2.22. The number of benzene rings is 2. The van der Waals surface area contributed by atoms with E-state index in [1.165, 1.54) is 18.3 Å². The van der Waals surface area contributed by atoms with Gasteiger partial charge in [0.15, 0.2) is 5.78 Å². The van der Waals surface area contributed by atoms with E-state index in [0.717, 1.165) is 16.8 Å². The Kier molecular flexibility index (Phi) is 3.20. The zero-order valence-electron chi connectivity index (χ0n) is 10.3. The maximum atomic E-state index is 13.9. The molecule has 2 aromatic carbocycles. The average molecular weight is 286 g/mol. The molecular weight excluding hydrogens is 277 g/mol. The number of aromatic nitrogens is 1. The first kappa shape index (κ1) is 12.8. The molecule has 0 saturated heterocycles. The summed E-state index contributed by atoms with van der Waals surface area (Å²) in [5.41, 5.74) is 0.372. The fourth-order valence-corrected chi connectivity index (χ4v) is 2.27. The van der Waals surface area contributed by atoms with Gasteiger partial charge in [-0.3, -0.25) is 9.78 Å². The summed E-state index contributed by atoms with van der Waals surface area (Å²) in [5, 5.41) is 1.85. The molecule has 98 valence electrons.